The van der Waals surface area contributed by atoms with Crippen LogP contribution < -0.4 is 5.32 Å². The van der Waals surface area contributed by atoms with Crippen molar-refractivity contribution in [2.45, 2.75) is 5.33 Å². The largest absolute Gasteiger partial charge is 0.322 e. The Bertz CT molecular complexity index is 571. The summed E-state index contributed by atoms with van der Waals surface area (Å²) in [6, 6.07) is 13.1. The Morgan fingerprint density at radius 3 is 2.67 bits per heavy atom. The van der Waals surface area contributed by atoms with Crippen molar-refractivity contribution in [2.24, 2.45) is 0 Å². The molecule has 0 fully saturated rings. The number of benzene rings is 2. The summed E-state index contributed by atoms with van der Waals surface area (Å²) in [5, 5.41) is 3.45. The molecule has 92 valence electrons. The van der Waals surface area contributed by atoms with E-state index in [0.717, 1.165) is 10.9 Å². The van der Waals surface area contributed by atoms with Gasteiger partial charge in [0.05, 0.1) is 0 Å². The first-order valence-electron chi connectivity index (χ1n) is 5.41. The van der Waals surface area contributed by atoms with Crippen LogP contribution in [-0.2, 0) is 5.33 Å². The van der Waals surface area contributed by atoms with E-state index in [4.69, 9.17) is 0 Å². The Morgan fingerprint density at radius 1 is 1.17 bits per heavy atom. The maximum atomic E-state index is 13.0. The summed E-state index contributed by atoms with van der Waals surface area (Å²) in [5.74, 6) is -0.738. The third kappa shape index (κ3) is 3.17. The van der Waals surface area contributed by atoms with E-state index < -0.39 is 5.82 Å². The second kappa shape index (κ2) is 5.78. The second-order valence-electron chi connectivity index (χ2n) is 3.80. The fourth-order valence-electron chi connectivity index (χ4n) is 1.57. The first-order valence-corrected chi connectivity index (χ1v) is 6.53. The molecule has 0 saturated carbocycles. The second-order valence-corrected chi connectivity index (χ2v) is 4.36. The molecule has 0 atom stereocenters. The molecule has 0 spiro atoms. The molecule has 0 unspecified atom stereocenters. The summed E-state index contributed by atoms with van der Waals surface area (Å²) in [4.78, 5) is 11.9. The minimum atomic E-state index is -0.420. The van der Waals surface area contributed by atoms with E-state index in [2.05, 4.69) is 21.2 Å². The standard InChI is InChI=1S/C14H11BrFNO/c15-9-10-3-1-6-13(7-10)17-14(18)11-4-2-5-12(16)8-11/h1-8H,9H2,(H,17,18). The molecular weight excluding hydrogens is 297 g/mol. The molecule has 2 nitrogen and oxygen atoms in total. The number of rotatable bonds is 3. The van der Waals surface area contributed by atoms with Crippen LogP contribution >= 0.6 is 15.9 Å². The number of hydrogen-bond donors (Lipinski definition) is 1. The summed E-state index contributed by atoms with van der Waals surface area (Å²) >= 11 is 3.35. The minimum absolute atomic E-state index is 0.305. The Balaban J connectivity index is 2.16. The predicted molar refractivity (Wildman–Crippen MR) is 73.4 cm³/mol. The van der Waals surface area contributed by atoms with Crippen LogP contribution in [0.15, 0.2) is 48.5 Å². The lowest BCUT2D eigenvalue weighted by molar-refractivity contribution is 0.102. The van der Waals surface area contributed by atoms with Crippen LogP contribution in [0.2, 0.25) is 0 Å². The van der Waals surface area contributed by atoms with Crippen LogP contribution in [0.1, 0.15) is 15.9 Å². The third-order valence-electron chi connectivity index (χ3n) is 2.43. The van der Waals surface area contributed by atoms with Crippen molar-refractivity contribution in [3.63, 3.8) is 0 Å². The lowest BCUT2D eigenvalue weighted by Gasteiger charge is -2.06. The van der Waals surface area contributed by atoms with Crippen LogP contribution in [0.4, 0.5) is 10.1 Å². The first-order chi connectivity index (χ1) is 8.69. The summed E-state index contributed by atoms with van der Waals surface area (Å²) in [6.45, 7) is 0. The monoisotopic (exact) mass is 307 g/mol. The molecule has 0 aliphatic heterocycles. The molecule has 18 heavy (non-hydrogen) atoms. The average Bonchev–Trinajstić information content (AvgIpc) is 2.39. The summed E-state index contributed by atoms with van der Waals surface area (Å²) in [7, 11) is 0. The van der Waals surface area contributed by atoms with Crippen molar-refractivity contribution in [1.29, 1.82) is 0 Å². The third-order valence-corrected chi connectivity index (χ3v) is 3.07. The zero-order valence-electron chi connectivity index (χ0n) is 9.49. The summed E-state index contributed by atoms with van der Waals surface area (Å²) in [5.41, 5.74) is 2.06. The number of amides is 1. The fourth-order valence-corrected chi connectivity index (χ4v) is 1.91. The molecule has 0 heterocycles. The number of carbonyl (C=O) groups is 1. The lowest BCUT2D eigenvalue weighted by Crippen LogP contribution is -2.12. The molecular formula is C14H11BrFNO. The van der Waals surface area contributed by atoms with Crippen molar-refractivity contribution in [3.8, 4) is 0 Å². The molecule has 0 aromatic heterocycles. The smallest absolute Gasteiger partial charge is 0.255 e. The maximum Gasteiger partial charge on any atom is 0.255 e. The van der Waals surface area contributed by atoms with Gasteiger partial charge in [-0.15, -0.1) is 0 Å². The van der Waals surface area contributed by atoms with Gasteiger partial charge in [-0.25, -0.2) is 4.39 Å². The van der Waals surface area contributed by atoms with Gasteiger partial charge < -0.3 is 5.32 Å². The predicted octanol–water partition coefficient (Wildman–Crippen LogP) is 3.97. The number of anilines is 1. The van der Waals surface area contributed by atoms with Crippen LogP contribution in [0.3, 0.4) is 0 Å². The van der Waals surface area contributed by atoms with Crippen LogP contribution in [-0.4, -0.2) is 5.91 Å². The zero-order chi connectivity index (χ0) is 13.0. The minimum Gasteiger partial charge on any atom is -0.322 e. The van der Waals surface area contributed by atoms with Gasteiger partial charge in [-0.05, 0) is 35.9 Å². The highest BCUT2D eigenvalue weighted by Gasteiger charge is 2.06. The maximum absolute atomic E-state index is 13.0. The normalized spacial score (nSPS) is 10.1. The number of hydrogen-bond acceptors (Lipinski definition) is 1. The Labute approximate surface area is 113 Å². The van der Waals surface area contributed by atoms with E-state index in [1.807, 2.05) is 18.2 Å². The highest BCUT2D eigenvalue weighted by Crippen LogP contribution is 2.14. The molecule has 0 saturated heterocycles. The molecule has 0 aliphatic carbocycles. The fraction of sp³-hybridized carbons (Fsp3) is 0.0714. The van der Waals surface area contributed by atoms with Gasteiger partial charge >= 0.3 is 0 Å². The molecule has 4 heteroatoms. The van der Waals surface area contributed by atoms with E-state index in [9.17, 15) is 9.18 Å². The topological polar surface area (TPSA) is 29.1 Å². The quantitative estimate of drug-likeness (QED) is 0.854. The van der Waals surface area contributed by atoms with Crippen LogP contribution in [0.5, 0.6) is 0 Å². The molecule has 2 aromatic carbocycles. The Kier molecular flexibility index (Phi) is 4.10. The van der Waals surface area contributed by atoms with Gasteiger partial charge in [-0.1, -0.05) is 34.1 Å². The molecule has 0 aliphatic rings. The molecule has 2 rings (SSSR count). The molecule has 0 bridgehead atoms. The van der Waals surface area contributed by atoms with Crippen molar-refractivity contribution in [1.82, 2.24) is 0 Å². The van der Waals surface area contributed by atoms with E-state index in [0.29, 0.717) is 11.3 Å². The highest BCUT2D eigenvalue weighted by atomic mass is 79.9. The summed E-state index contributed by atoms with van der Waals surface area (Å²) < 4.78 is 13.0. The number of alkyl halides is 1. The molecule has 2 aromatic rings. The number of halogens is 2. The van der Waals surface area contributed by atoms with Crippen molar-refractivity contribution < 1.29 is 9.18 Å². The SMILES string of the molecule is O=C(Nc1cccc(CBr)c1)c1cccc(F)c1. The Hall–Kier alpha value is -1.68. The van der Waals surface area contributed by atoms with E-state index in [-0.39, 0.29) is 5.91 Å². The first kappa shape index (κ1) is 12.8. The van der Waals surface area contributed by atoms with Gasteiger partial charge in [0.1, 0.15) is 5.82 Å². The van der Waals surface area contributed by atoms with Gasteiger partial charge in [0.15, 0.2) is 0 Å². The van der Waals surface area contributed by atoms with E-state index in [1.54, 1.807) is 12.1 Å². The van der Waals surface area contributed by atoms with Gasteiger partial charge in [0, 0.05) is 16.6 Å². The molecule has 1 N–H and O–H groups in total. The Morgan fingerprint density at radius 2 is 1.94 bits per heavy atom. The van der Waals surface area contributed by atoms with Crippen LogP contribution in [0.25, 0.3) is 0 Å². The van der Waals surface area contributed by atoms with Gasteiger partial charge in [0.2, 0.25) is 0 Å². The zero-order valence-corrected chi connectivity index (χ0v) is 11.1. The molecule has 0 radical (unpaired) electrons. The number of carbonyl (C=O) groups excluding carboxylic acids is 1. The number of nitrogens with one attached hydrogen (secondary N) is 1. The van der Waals surface area contributed by atoms with Crippen molar-refractivity contribution in [3.05, 3.63) is 65.5 Å². The highest BCUT2D eigenvalue weighted by molar-refractivity contribution is 9.08. The van der Waals surface area contributed by atoms with Crippen molar-refractivity contribution >= 4 is 27.5 Å². The van der Waals surface area contributed by atoms with Gasteiger partial charge in [-0.2, -0.15) is 0 Å². The van der Waals surface area contributed by atoms with Crippen LogP contribution in [0, 0.1) is 5.82 Å². The van der Waals surface area contributed by atoms with Crippen molar-refractivity contribution in [2.75, 3.05) is 5.32 Å². The van der Waals surface area contributed by atoms with Gasteiger partial charge in [-0.3, -0.25) is 4.79 Å². The van der Waals surface area contributed by atoms with E-state index in [1.165, 1.54) is 18.2 Å². The van der Waals surface area contributed by atoms with E-state index >= 15 is 0 Å². The van der Waals surface area contributed by atoms with Gasteiger partial charge in [0.25, 0.3) is 5.91 Å². The molecule has 1 amide bonds. The summed E-state index contributed by atoms with van der Waals surface area (Å²) in [6.07, 6.45) is 0. The average molecular weight is 308 g/mol. The lowest BCUT2D eigenvalue weighted by atomic mass is 10.2.